The molecule has 1 aliphatic heterocycles. The van der Waals surface area contributed by atoms with Crippen LogP contribution in [0.3, 0.4) is 0 Å². The van der Waals surface area contributed by atoms with E-state index in [2.05, 4.69) is 0 Å². The number of furan rings is 1. The SMILES string of the molecule is Cc1c(N2CCN(Cc3ccc(C(F)(F)F)o3)CC2)c(=O)n(C[C@@H](N)CC(C)C)c(=O)n1Cc1c(F)cccc1C(F)(F)F. The molecule has 0 amide bonds. The summed E-state index contributed by atoms with van der Waals surface area (Å²) in [6, 6.07) is 4.01. The summed E-state index contributed by atoms with van der Waals surface area (Å²) in [6.07, 6.45) is -9.04. The van der Waals surface area contributed by atoms with Gasteiger partial charge in [-0.25, -0.2) is 9.18 Å². The Bertz CT molecular complexity index is 1580. The highest BCUT2D eigenvalue weighted by Crippen LogP contribution is 2.34. The second-order valence-corrected chi connectivity index (χ2v) is 11.4. The zero-order chi connectivity index (χ0) is 32.6. The Balaban J connectivity index is 1.69. The van der Waals surface area contributed by atoms with E-state index in [0.29, 0.717) is 19.5 Å². The standard InChI is InChI=1S/C29H34F7N5O3/c1-17(2)13-19(37)14-41-26(42)25(39-11-9-38(10-12-39)15-20-7-8-24(44-20)29(34,35)36)18(3)40(27(41)43)16-21-22(28(31,32)33)5-4-6-23(21)30/h4-8,17,19H,9-16,37H2,1-3H3/t19-/m0/s1. The van der Waals surface area contributed by atoms with Crippen molar-refractivity contribution in [2.45, 2.75) is 65.2 Å². The van der Waals surface area contributed by atoms with Crippen LogP contribution in [-0.2, 0) is 32.0 Å². The molecule has 1 aromatic carbocycles. The monoisotopic (exact) mass is 633 g/mol. The molecule has 0 spiro atoms. The third-order valence-electron chi connectivity index (χ3n) is 7.60. The first-order valence-electron chi connectivity index (χ1n) is 14.0. The Morgan fingerprint density at radius 3 is 2.14 bits per heavy atom. The topological polar surface area (TPSA) is 89.6 Å². The molecule has 4 rings (SSSR count). The highest BCUT2D eigenvalue weighted by atomic mass is 19.4. The van der Waals surface area contributed by atoms with Crippen molar-refractivity contribution in [2.75, 3.05) is 31.1 Å². The molecule has 15 heteroatoms. The van der Waals surface area contributed by atoms with Crippen molar-refractivity contribution < 1.29 is 35.2 Å². The third-order valence-corrected chi connectivity index (χ3v) is 7.60. The third kappa shape index (κ3) is 7.37. The van der Waals surface area contributed by atoms with Crippen molar-refractivity contribution in [2.24, 2.45) is 11.7 Å². The second kappa shape index (κ2) is 12.8. The van der Waals surface area contributed by atoms with Gasteiger partial charge in [-0.2, -0.15) is 26.3 Å². The number of rotatable bonds is 9. The minimum atomic E-state index is -4.89. The highest BCUT2D eigenvalue weighted by molar-refractivity contribution is 5.50. The fourth-order valence-electron chi connectivity index (χ4n) is 5.52. The van der Waals surface area contributed by atoms with Crippen LogP contribution in [0.1, 0.15) is 48.6 Å². The lowest BCUT2D eigenvalue weighted by Crippen LogP contribution is -2.52. The molecule has 0 radical (unpaired) electrons. The van der Waals surface area contributed by atoms with Gasteiger partial charge in [0.05, 0.1) is 18.7 Å². The number of hydrogen-bond donors (Lipinski definition) is 1. The molecule has 2 N–H and O–H groups in total. The van der Waals surface area contributed by atoms with Crippen LogP contribution in [0.25, 0.3) is 0 Å². The van der Waals surface area contributed by atoms with Crippen LogP contribution in [-0.4, -0.2) is 46.3 Å². The van der Waals surface area contributed by atoms with E-state index in [1.54, 1.807) is 4.90 Å². The van der Waals surface area contributed by atoms with E-state index in [9.17, 15) is 40.3 Å². The van der Waals surface area contributed by atoms with Gasteiger partial charge in [-0.15, -0.1) is 0 Å². The molecule has 2 aromatic heterocycles. The predicted molar refractivity (Wildman–Crippen MR) is 149 cm³/mol. The van der Waals surface area contributed by atoms with Crippen molar-refractivity contribution in [3.8, 4) is 0 Å². The number of hydrogen-bond acceptors (Lipinski definition) is 6. The van der Waals surface area contributed by atoms with Crippen LogP contribution in [0.4, 0.5) is 36.4 Å². The Labute approximate surface area is 248 Å². The fraction of sp³-hybridized carbons (Fsp3) is 0.517. The van der Waals surface area contributed by atoms with Gasteiger partial charge in [0.1, 0.15) is 17.3 Å². The quantitative estimate of drug-likeness (QED) is 0.340. The van der Waals surface area contributed by atoms with Gasteiger partial charge in [0.2, 0.25) is 5.76 Å². The molecule has 1 atom stereocenters. The first-order chi connectivity index (χ1) is 20.5. The lowest BCUT2D eigenvalue weighted by Gasteiger charge is -2.36. The summed E-state index contributed by atoms with van der Waals surface area (Å²) >= 11 is 0. The van der Waals surface area contributed by atoms with Crippen LogP contribution in [0, 0.1) is 18.7 Å². The molecule has 0 unspecified atom stereocenters. The molecule has 1 aliphatic rings. The van der Waals surface area contributed by atoms with Crippen LogP contribution in [0.5, 0.6) is 0 Å². The van der Waals surface area contributed by atoms with Gasteiger partial charge in [-0.3, -0.25) is 18.8 Å². The zero-order valence-electron chi connectivity index (χ0n) is 24.4. The second-order valence-electron chi connectivity index (χ2n) is 11.4. The summed E-state index contributed by atoms with van der Waals surface area (Å²) in [5.74, 6) is -2.01. The number of halogens is 7. The first-order valence-corrected chi connectivity index (χ1v) is 14.0. The average Bonchev–Trinajstić information content (AvgIpc) is 3.39. The van der Waals surface area contributed by atoms with Crippen molar-refractivity contribution in [3.63, 3.8) is 0 Å². The van der Waals surface area contributed by atoms with E-state index < -0.39 is 58.9 Å². The Morgan fingerprint density at radius 1 is 0.909 bits per heavy atom. The maximum absolute atomic E-state index is 14.8. The molecule has 0 aliphatic carbocycles. The Hall–Kier alpha value is -3.59. The van der Waals surface area contributed by atoms with Gasteiger partial charge in [0, 0.05) is 50.0 Å². The van der Waals surface area contributed by atoms with E-state index in [1.807, 2.05) is 18.7 Å². The summed E-state index contributed by atoms with van der Waals surface area (Å²) in [7, 11) is 0. The lowest BCUT2D eigenvalue weighted by molar-refractivity contribution is -0.153. The molecular formula is C29H34F7N5O3. The number of benzene rings is 1. The number of aromatic nitrogens is 2. The molecule has 44 heavy (non-hydrogen) atoms. The van der Waals surface area contributed by atoms with Crippen LogP contribution in [0.15, 0.2) is 44.3 Å². The van der Waals surface area contributed by atoms with Gasteiger partial charge < -0.3 is 15.1 Å². The number of nitrogens with two attached hydrogens (primary N) is 1. The summed E-state index contributed by atoms with van der Waals surface area (Å²) in [5, 5.41) is 0. The van der Waals surface area contributed by atoms with E-state index in [0.717, 1.165) is 33.4 Å². The van der Waals surface area contributed by atoms with Gasteiger partial charge in [-0.1, -0.05) is 19.9 Å². The number of piperazine rings is 1. The largest absolute Gasteiger partial charge is 0.455 e. The number of nitrogens with zero attached hydrogens (tertiary/aromatic N) is 4. The fourth-order valence-corrected chi connectivity index (χ4v) is 5.52. The van der Waals surface area contributed by atoms with Gasteiger partial charge in [0.15, 0.2) is 0 Å². The van der Waals surface area contributed by atoms with Gasteiger partial charge in [-0.05, 0) is 43.5 Å². The molecule has 0 saturated carbocycles. The molecule has 1 saturated heterocycles. The Morgan fingerprint density at radius 2 is 1.57 bits per heavy atom. The summed E-state index contributed by atoms with van der Waals surface area (Å²) in [6.45, 7) is 5.37. The van der Waals surface area contributed by atoms with E-state index in [1.165, 1.54) is 13.0 Å². The maximum Gasteiger partial charge on any atom is 0.449 e. The van der Waals surface area contributed by atoms with Gasteiger partial charge in [0.25, 0.3) is 5.56 Å². The van der Waals surface area contributed by atoms with Crippen molar-refractivity contribution in [1.82, 2.24) is 14.0 Å². The predicted octanol–water partition coefficient (Wildman–Crippen LogP) is 4.83. The summed E-state index contributed by atoms with van der Waals surface area (Å²) < 4.78 is 102. The van der Waals surface area contributed by atoms with Crippen LogP contribution in [0.2, 0.25) is 0 Å². The lowest BCUT2D eigenvalue weighted by atomic mass is 10.0. The van der Waals surface area contributed by atoms with Crippen LogP contribution < -0.4 is 21.9 Å². The van der Waals surface area contributed by atoms with Gasteiger partial charge >= 0.3 is 18.0 Å². The van der Waals surface area contributed by atoms with Crippen LogP contribution >= 0.6 is 0 Å². The number of alkyl halides is 6. The summed E-state index contributed by atoms with van der Waals surface area (Å²) in [4.78, 5) is 30.9. The molecule has 1 fully saturated rings. The molecule has 3 aromatic rings. The van der Waals surface area contributed by atoms with Crippen molar-refractivity contribution in [1.29, 1.82) is 0 Å². The maximum atomic E-state index is 14.8. The van der Waals surface area contributed by atoms with Crippen molar-refractivity contribution >= 4 is 5.69 Å². The number of anilines is 1. The minimum absolute atomic E-state index is 0.0550. The molecular weight excluding hydrogens is 599 g/mol. The first kappa shape index (κ1) is 33.3. The molecule has 3 heterocycles. The van der Waals surface area contributed by atoms with E-state index in [-0.39, 0.29) is 49.2 Å². The smallest absolute Gasteiger partial charge is 0.449 e. The zero-order valence-corrected chi connectivity index (χ0v) is 24.4. The highest BCUT2D eigenvalue weighted by Gasteiger charge is 2.36. The normalized spacial score (nSPS) is 15.8. The molecule has 242 valence electrons. The van der Waals surface area contributed by atoms with Crippen molar-refractivity contribution in [3.05, 3.63) is 85.3 Å². The molecule has 8 nitrogen and oxygen atoms in total. The summed E-state index contributed by atoms with van der Waals surface area (Å²) in [5.41, 5.74) is 2.77. The Kier molecular flexibility index (Phi) is 9.69. The minimum Gasteiger partial charge on any atom is -0.455 e. The van der Waals surface area contributed by atoms with E-state index >= 15 is 0 Å². The molecule has 0 bridgehead atoms. The average molecular weight is 634 g/mol. The van der Waals surface area contributed by atoms with E-state index in [4.69, 9.17) is 10.2 Å².